The summed E-state index contributed by atoms with van der Waals surface area (Å²) in [5, 5.41) is 0. The highest BCUT2D eigenvalue weighted by molar-refractivity contribution is 7.92. The summed E-state index contributed by atoms with van der Waals surface area (Å²) in [7, 11) is -3.31. The maximum atomic E-state index is 13.1. The first-order valence-electron chi connectivity index (χ1n) is 8.64. The van der Waals surface area contributed by atoms with E-state index in [2.05, 4.69) is 4.72 Å². The molecular weight excluding hydrogens is 367 g/mol. The van der Waals surface area contributed by atoms with Crippen LogP contribution in [0.1, 0.15) is 30.0 Å². The average molecular weight is 388 g/mol. The number of benzene rings is 2. The van der Waals surface area contributed by atoms with E-state index in [-0.39, 0.29) is 17.8 Å². The lowest BCUT2D eigenvalue weighted by Gasteiger charge is -2.23. The van der Waals surface area contributed by atoms with E-state index in [9.17, 15) is 17.6 Å². The first-order valence-corrected chi connectivity index (χ1v) is 10.5. The third-order valence-corrected chi connectivity index (χ3v) is 5.03. The van der Waals surface area contributed by atoms with Gasteiger partial charge in [-0.25, -0.2) is 12.8 Å². The molecule has 5 nitrogen and oxygen atoms in total. The van der Waals surface area contributed by atoms with Gasteiger partial charge in [0.15, 0.2) is 0 Å². The maximum absolute atomic E-state index is 13.1. The monoisotopic (exact) mass is 388 g/mol. The summed E-state index contributed by atoms with van der Waals surface area (Å²) in [6, 6.07) is 13.0. The van der Waals surface area contributed by atoms with Gasteiger partial charge in [0.1, 0.15) is 5.82 Å². The molecule has 2 aromatic carbocycles. The van der Waals surface area contributed by atoms with Crippen LogP contribution in [0.2, 0.25) is 0 Å². The van der Waals surface area contributed by atoms with E-state index in [1.807, 2.05) is 0 Å². The molecule has 0 bridgehead atoms. The number of anilines is 1. The Morgan fingerprint density at radius 1 is 1.15 bits per heavy atom. The standard InChI is InChI=1S/C20H21FN2O3S/c1-27(25,26)22-18-11-4-15(5-12-18)6-13-20(24)23-14-2-3-19(23)16-7-9-17(21)10-8-16/h4-13,19,22H,2-3,14H2,1H3/b13-6+. The number of hydrogen-bond acceptors (Lipinski definition) is 3. The Morgan fingerprint density at radius 2 is 1.81 bits per heavy atom. The van der Waals surface area contributed by atoms with Crippen LogP contribution in [0.4, 0.5) is 10.1 Å². The Hall–Kier alpha value is -2.67. The zero-order valence-electron chi connectivity index (χ0n) is 14.9. The zero-order valence-corrected chi connectivity index (χ0v) is 15.7. The van der Waals surface area contributed by atoms with Crippen LogP contribution in [0.5, 0.6) is 0 Å². The number of nitrogens with one attached hydrogen (secondary N) is 1. The highest BCUT2D eigenvalue weighted by atomic mass is 32.2. The van der Waals surface area contributed by atoms with Crippen LogP contribution in [0.25, 0.3) is 6.08 Å². The van der Waals surface area contributed by atoms with E-state index in [4.69, 9.17) is 0 Å². The molecular formula is C20H21FN2O3S. The fourth-order valence-electron chi connectivity index (χ4n) is 3.20. The van der Waals surface area contributed by atoms with Crippen molar-refractivity contribution in [3.8, 4) is 0 Å². The predicted octanol–water partition coefficient (Wildman–Crippen LogP) is 3.57. The lowest BCUT2D eigenvalue weighted by atomic mass is 10.0. The number of rotatable bonds is 5. The molecule has 1 amide bonds. The molecule has 1 N–H and O–H groups in total. The van der Waals surface area contributed by atoms with Crippen molar-refractivity contribution in [2.24, 2.45) is 0 Å². The molecule has 0 aliphatic carbocycles. The Kier molecular flexibility index (Phi) is 5.60. The van der Waals surface area contributed by atoms with Gasteiger partial charge in [-0.05, 0) is 54.3 Å². The minimum absolute atomic E-state index is 0.0379. The molecule has 2 aromatic rings. The van der Waals surface area contributed by atoms with Crippen molar-refractivity contribution in [1.29, 1.82) is 0 Å². The molecule has 1 unspecified atom stereocenters. The summed E-state index contributed by atoms with van der Waals surface area (Å²) in [5.74, 6) is -0.386. The van der Waals surface area contributed by atoms with Crippen molar-refractivity contribution in [3.05, 3.63) is 71.6 Å². The second kappa shape index (κ2) is 7.92. The quantitative estimate of drug-likeness (QED) is 0.797. The number of carbonyl (C=O) groups excluding carboxylic acids is 1. The van der Waals surface area contributed by atoms with Crippen molar-refractivity contribution in [1.82, 2.24) is 4.90 Å². The average Bonchev–Trinajstić information content (AvgIpc) is 3.10. The molecule has 1 atom stereocenters. The molecule has 1 aliphatic heterocycles. The van der Waals surface area contributed by atoms with E-state index in [1.165, 1.54) is 18.2 Å². The summed E-state index contributed by atoms with van der Waals surface area (Å²) in [4.78, 5) is 14.4. The number of halogens is 1. The Labute approximate surface area is 158 Å². The smallest absolute Gasteiger partial charge is 0.247 e. The molecule has 0 spiro atoms. The van der Waals surface area contributed by atoms with Gasteiger partial charge in [0.05, 0.1) is 12.3 Å². The molecule has 142 valence electrons. The van der Waals surface area contributed by atoms with Gasteiger partial charge in [-0.15, -0.1) is 0 Å². The van der Waals surface area contributed by atoms with Gasteiger partial charge in [0.2, 0.25) is 15.9 Å². The second-order valence-corrected chi connectivity index (χ2v) is 8.32. The van der Waals surface area contributed by atoms with Gasteiger partial charge in [-0.1, -0.05) is 24.3 Å². The topological polar surface area (TPSA) is 66.5 Å². The fourth-order valence-corrected chi connectivity index (χ4v) is 3.77. The van der Waals surface area contributed by atoms with E-state index in [0.29, 0.717) is 12.2 Å². The molecule has 0 radical (unpaired) electrons. The van der Waals surface area contributed by atoms with E-state index in [1.54, 1.807) is 47.4 Å². The highest BCUT2D eigenvalue weighted by Gasteiger charge is 2.28. The largest absolute Gasteiger partial charge is 0.332 e. The van der Waals surface area contributed by atoms with Gasteiger partial charge in [-0.2, -0.15) is 0 Å². The van der Waals surface area contributed by atoms with Crippen LogP contribution in [-0.2, 0) is 14.8 Å². The van der Waals surface area contributed by atoms with Crippen LogP contribution in [0.15, 0.2) is 54.6 Å². The van der Waals surface area contributed by atoms with E-state index >= 15 is 0 Å². The van der Waals surface area contributed by atoms with Gasteiger partial charge in [-0.3, -0.25) is 9.52 Å². The molecule has 1 fully saturated rings. The highest BCUT2D eigenvalue weighted by Crippen LogP contribution is 2.32. The lowest BCUT2D eigenvalue weighted by Crippen LogP contribution is -2.28. The number of carbonyl (C=O) groups is 1. The molecule has 1 saturated heterocycles. The second-order valence-electron chi connectivity index (χ2n) is 6.57. The minimum atomic E-state index is -3.31. The Balaban J connectivity index is 1.67. The van der Waals surface area contributed by atoms with Crippen LogP contribution in [0.3, 0.4) is 0 Å². The van der Waals surface area contributed by atoms with Crippen molar-refractivity contribution in [3.63, 3.8) is 0 Å². The van der Waals surface area contributed by atoms with Crippen molar-refractivity contribution in [2.45, 2.75) is 18.9 Å². The first-order chi connectivity index (χ1) is 12.8. The van der Waals surface area contributed by atoms with Gasteiger partial charge in [0, 0.05) is 18.3 Å². The van der Waals surface area contributed by atoms with Crippen molar-refractivity contribution >= 4 is 27.7 Å². The molecule has 1 heterocycles. The predicted molar refractivity (Wildman–Crippen MR) is 104 cm³/mol. The van der Waals surface area contributed by atoms with Crippen molar-refractivity contribution < 1.29 is 17.6 Å². The molecule has 0 saturated carbocycles. The third-order valence-electron chi connectivity index (χ3n) is 4.42. The molecule has 1 aliphatic rings. The van der Waals surface area contributed by atoms with Crippen LogP contribution in [0, 0.1) is 5.82 Å². The fraction of sp³-hybridized carbons (Fsp3) is 0.250. The van der Waals surface area contributed by atoms with Crippen LogP contribution < -0.4 is 4.72 Å². The summed E-state index contributed by atoms with van der Waals surface area (Å²) in [6.45, 7) is 0.669. The summed E-state index contributed by atoms with van der Waals surface area (Å²) in [6.07, 6.45) is 6.07. The van der Waals surface area contributed by atoms with Crippen LogP contribution >= 0.6 is 0 Å². The number of nitrogens with zero attached hydrogens (tertiary/aromatic N) is 1. The Morgan fingerprint density at radius 3 is 2.44 bits per heavy atom. The molecule has 27 heavy (non-hydrogen) atoms. The summed E-state index contributed by atoms with van der Waals surface area (Å²) in [5.41, 5.74) is 2.20. The van der Waals surface area contributed by atoms with Crippen molar-refractivity contribution in [2.75, 3.05) is 17.5 Å². The molecule has 3 rings (SSSR count). The first kappa shape index (κ1) is 19.1. The molecule has 0 aromatic heterocycles. The SMILES string of the molecule is CS(=O)(=O)Nc1ccc(/C=C/C(=O)N2CCCC2c2ccc(F)cc2)cc1. The van der Waals surface area contributed by atoms with Gasteiger partial charge >= 0.3 is 0 Å². The summed E-state index contributed by atoms with van der Waals surface area (Å²) < 4.78 is 38.0. The third kappa shape index (κ3) is 5.17. The summed E-state index contributed by atoms with van der Waals surface area (Å²) >= 11 is 0. The van der Waals surface area contributed by atoms with E-state index in [0.717, 1.165) is 30.2 Å². The van der Waals surface area contributed by atoms with E-state index < -0.39 is 10.0 Å². The Bertz CT molecular complexity index is 938. The van der Waals surface area contributed by atoms with Gasteiger partial charge < -0.3 is 4.90 Å². The number of amides is 1. The normalized spacial score (nSPS) is 17.4. The number of sulfonamides is 1. The zero-order chi connectivity index (χ0) is 19.4. The van der Waals surface area contributed by atoms with Gasteiger partial charge in [0.25, 0.3) is 0 Å². The minimum Gasteiger partial charge on any atom is -0.332 e. The lowest BCUT2D eigenvalue weighted by molar-refractivity contribution is -0.126. The number of likely N-dealkylation sites (tertiary alicyclic amines) is 1. The maximum Gasteiger partial charge on any atom is 0.247 e. The molecule has 7 heteroatoms. The number of hydrogen-bond donors (Lipinski definition) is 1. The van der Waals surface area contributed by atoms with Crippen LogP contribution in [-0.4, -0.2) is 32.0 Å².